The van der Waals surface area contributed by atoms with Gasteiger partial charge in [0.1, 0.15) is 5.82 Å². The van der Waals surface area contributed by atoms with Gasteiger partial charge >= 0.3 is 0 Å². The van der Waals surface area contributed by atoms with E-state index in [1.807, 2.05) is 31.2 Å². The van der Waals surface area contributed by atoms with E-state index in [1.54, 1.807) is 0 Å². The highest BCUT2D eigenvalue weighted by molar-refractivity contribution is 8.00. The van der Waals surface area contributed by atoms with Gasteiger partial charge in [0.25, 0.3) is 0 Å². The summed E-state index contributed by atoms with van der Waals surface area (Å²) in [5.41, 5.74) is 1.60. The fourth-order valence-corrected chi connectivity index (χ4v) is 2.47. The summed E-state index contributed by atoms with van der Waals surface area (Å²) in [5, 5.41) is 2.85. The van der Waals surface area contributed by atoms with Crippen molar-refractivity contribution in [2.75, 3.05) is 11.1 Å². The van der Waals surface area contributed by atoms with E-state index in [2.05, 4.69) is 5.32 Å². The Balaban J connectivity index is 1.90. The quantitative estimate of drug-likeness (QED) is 0.841. The van der Waals surface area contributed by atoms with Crippen molar-refractivity contribution in [2.24, 2.45) is 0 Å². The molecule has 1 amide bonds. The fraction of sp³-hybridized carbons (Fsp3) is 0.133. The number of rotatable bonds is 4. The van der Waals surface area contributed by atoms with Gasteiger partial charge in [-0.25, -0.2) is 4.39 Å². The van der Waals surface area contributed by atoms with Crippen LogP contribution in [0.5, 0.6) is 0 Å². The Morgan fingerprint density at radius 3 is 2.60 bits per heavy atom. The number of hydrogen-bond donors (Lipinski definition) is 1. The molecule has 1 N–H and O–H groups in total. The summed E-state index contributed by atoms with van der Waals surface area (Å²) < 4.78 is 12.9. The third kappa shape index (κ3) is 4.25. The van der Waals surface area contributed by atoms with Gasteiger partial charge in [-0.3, -0.25) is 4.79 Å². The minimum atomic E-state index is -0.429. The number of nitrogens with one attached hydrogen (secondary N) is 1. The van der Waals surface area contributed by atoms with Crippen LogP contribution in [0.2, 0.25) is 5.02 Å². The molecule has 2 aromatic carbocycles. The highest BCUT2D eigenvalue weighted by Gasteiger charge is 2.07. The number of carbonyl (C=O) groups excluding carboxylic acids is 1. The van der Waals surface area contributed by atoms with Crippen LogP contribution in [0.25, 0.3) is 0 Å². The zero-order valence-corrected chi connectivity index (χ0v) is 12.4. The molecule has 0 fully saturated rings. The molecule has 2 aromatic rings. The number of benzene rings is 2. The molecule has 0 saturated heterocycles. The zero-order chi connectivity index (χ0) is 14.5. The van der Waals surface area contributed by atoms with Gasteiger partial charge < -0.3 is 5.32 Å². The molecule has 104 valence electrons. The normalized spacial score (nSPS) is 10.3. The van der Waals surface area contributed by atoms with Crippen LogP contribution in [0.3, 0.4) is 0 Å². The first-order chi connectivity index (χ1) is 9.54. The predicted molar refractivity (Wildman–Crippen MR) is 81.9 cm³/mol. The Kier molecular flexibility index (Phi) is 5.04. The van der Waals surface area contributed by atoms with E-state index in [-0.39, 0.29) is 16.7 Å². The lowest BCUT2D eigenvalue weighted by atomic mass is 10.2. The molecule has 0 radical (unpaired) electrons. The lowest BCUT2D eigenvalue weighted by Crippen LogP contribution is -2.14. The Morgan fingerprint density at radius 1 is 1.25 bits per heavy atom. The molecule has 0 aliphatic carbocycles. The smallest absolute Gasteiger partial charge is 0.234 e. The SMILES string of the molecule is Cc1ccc(SCC(=O)Nc2ccc(F)cc2Cl)cc1. The second kappa shape index (κ2) is 6.77. The van der Waals surface area contributed by atoms with Crippen molar-refractivity contribution < 1.29 is 9.18 Å². The van der Waals surface area contributed by atoms with Gasteiger partial charge in [0, 0.05) is 4.90 Å². The van der Waals surface area contributed by atoms with Gasteiger partial charge in [-0.2, -0.15) is 0 Å². The summed E-state index contributed by atoms with van der Waals surface area (Å²) in [6.45, 7) is 2.01. The van der Waals surface area contributed by atoms with Gasteiger partial charge in [0.15, 0.2) is 0 Å². The summed E-state index contributed by atoms with van der Waals surface area (Å²) >= 11 is 7.28. The first-order valence-corrected chi connectivity index (χ1v) is 7.35. The lowest BCUT2D eigenvalue weighted by molar-refractivity contribution is -0.113. The molecular formula is C15H13ClFNOS. The van der Waals surface area contributed by atoms with Crippen molar-refractivity contribution in [3.63, 3.8) is 0 Å². The number of thioether (sulfide) groups is 1. The maximum atomic E-state index is 12.9. The second-order valence-electron chi connectivity index (χ2n) is 4.27. The van der Waals surface area contributed by atoms with Crippen LogP contribution >= 0.6 is 23.4 Å². The Morgan fingerprint density at radius 2 is 1.95 bits per heavy atom. The zero-order valence-electron chi connectivity index (χ0n) is 10.8. The molecule has 0 aliphatic rings. The molecule has 0 atom stereocenters. The summed E-state index contributed by atoms with van der Waals surface area (Å²) in [4.78, 5) is 12.8. The first kappa shape index (κ1) is 14.9. The minimum absolute atomic E-state index is 0.177. The number of hydrogen-bond acceptors (Lipinski definition) is 2. The molecular weight excluding hydrogens is 297 g/mol. The van der Waals surface area contributed by atoms with Crippen LogP contribution in [-0.2, 0) is 4.79 Å². The average molecular weight is 310 g/mol. The minimum Gasteiger partial charge on any atom is -0.324 e. The monoisotopic (exact) mass is 309 g/mol. The van der Waals surface area contributed by atoms with E-state index in [1.165, 1.54) is 35.5 Å². The standard InChI is InChI=1S/C15H13ClFNOS/c1-10-2-5-12(6-3-10)20-9-15(19)18-14-7-4-11(17)8-13(14)16/h2-8H,9H2,1H3,(H,18,19). The summed E-state index contributed by atoms with van der Waals surface area (Å²) in [6.07, 6.45) is 0. The molecule has 0 aliphatic heterocycles. The van der Waals surface area contributed by atoms with Crippen LogP contribution in [0.15, 0.2) is 47.4 Å². The molecule has 0 bridgehead atoms. The van der Waals surface area contributed by atoms with Crippen LogP contribution in [0.4, 0.5) is 10.1 Å². The molecule has 5 heteroatoms. The Hall–Kier alpha value is -1.52. The Labute approximate surface area is 126 Å². The maximum absolute atomic E-state index is 12.9. The molecule has 20 heavy (non-hydrogen) atoms. The number of carbonyl (C=O) groups is 1. The van der Waals surface area contributed by atoms with Crippen molar-refractivity contribution in [1.82, 2.24) is 0 Å². The predicted octanol–water partition coefficient (Wildman–Crippen LogP) is 4.52. The van der Waals surface area contributed by atoms with Crippen LogP contribution in [0.1, 0.15) is 5.56 Å². The Bertz CT molecular complexity index is 616. The van der Waals surface area contributed by atoms with E-state index < -0.39 is 5.82 Å². The molecule has 2 nitrogen and oxygen atoms in total. The molecule has 0 spiro atoms. The summed E-state index contributed by atoms with van der Waals surface area (Å²) in [7, 11) is 0. The van der Waals surface area contributed by atoms with Crippen LogP contribution in [-0.4, -0.2) is 11.7 Å². The van der Waals surface area contributed by atoms with Crippen molar-refractivity contribution in [2.45, 2.75) is 11.8 Å². The van der Waals surface area contributed by atoms with Gasteiger partial charge in [-0.15, -0.1) is 11.8 Å². The number of aryl methyl sites for hydroxylation is 1. The van der Waals surface area contributed by atoms with E-state index >= 15 is 0 Å². The third-order valence-corrected chi connectivity index (χ3v) is 3.92. The van der Waals surface area contributed by atoms with Crippen molar-refractivity contribution >= 4 is 35.0 Å². The molecule has 0 heterocycles. The molecule has 0 aromatic heterocycles. The second-order valence-corrected chi connectivity index (χ2v) is 5.73. The molecule has 0 saturated carbocycles. The molecule has 2 rings (SSSR count). The van der Waals surface area contributed by atoms with Crippen LogP contribution in [0, 0.1) is 12.7 Å². The van der Waals surface area contributed by atoms with Gasteiger partial charge in [0.2, 0.25) is 5.91 Å². The van der Waals surface area contributed by atoms with Crippen molar-refractivity contribution in [3.8, 4) is 0 Å². The topological polar surface area (TPSA) is 29.1 Å². The van der Waals surface area contributed by atoms with Gasteiger partial charge in [-0.05, 0) is 37.3 Å². The van der Waals surface area contributed by atoms with E-state index in [4.69, 9.17) is 11.6 Å². The third-order valence-electron chi connectivity index (χ3n) is 2.60. The highest BCUT2D eigenvalue weighted by Crippen LogP contribution is 2.23. The number of anilines is 1. The van der Waals surface area contributed by atoms with Crippen molar-refractivity contribution in [3.05, 3.63) is 58.9 Å². The average Bonchev–Trinajstić information content (AvgIpc) is 2.41. The largest absolute Gasteiger partial charge is 0.324 e. The highest BCUT2D eigenvalue weighted by atomic mass is 35.5. The first-order valence-electron chi connectivity index (χ1n) is 5.99. The summed E-state index contributed by atoms with van der Waals surface area (Å²) in [6, 6.07) is 11.8. The lowest BCUT2D eigenvalue weighted by Gasteiger charge is -2.07. The van der Waals surface area contributed by atoms with Gasteiger partial charge in [-0.1, -0.05) is 29.3 Å². The van der Waals surface area contributed by atoms with Crippen molar-refractivity contribution in [1.29, 1.82) is 0 Å². The van der Waals surface area contributed by atoms with E-state index in [0.717, 1.165) is 4.90 Å². The fourth-order valence-electron chi connectivity index (χ4n) is 1.56. The van der Waals surface area contributed by atoms with E-state index in [9.17, 15) is 9.18 Å². The summed E-state index contributed by atoms with van der Waals surface area (Å²) in [5.74, 6) is -0.331. The van der Waals surface area contributed by atoms with Gasteiger partial charge in [0.05, 0.1) is 16.5 Å². The number of amides is 1. The number of halogens is 2. The molecule has 0 unspecified atom stereocenters. The van der Waals surface area contributed by atoms with E-state index in [0.29, 0.717) is 5.69 Å². The maximum Gasteiger partial charge on any atom is 0.234 e. The van der Waals surface area contributed by atoms with Crippen LogP contribution < -0.4 is 5.32 Å².